The maximum Gasteiger partial charge on any atom is 0.234 e. The molecule has 1 heterocycles. The molecule has 0 spiro atoms. The Bertz CT molecular complexity index is 502. The summed E-state index contributed by atoms with van der Waals surface area (Å²) in [6.07, 6.45) is 2.62. The molecule has 6 N–H and O–H groups in total. The lowest BCUT2D eigenvalue weighted by molar-refractivity contribution is -0.121. The van der Waals surface area contributed by atoms with Crippen molar-refractivity contribution in [2.24, 2.45) is 11.5 Å². The molecule has 0 aromatic carbocycles. The topological polar surface area (TPSA) is 141 Å². The summed E-state index contributed by atoms with van der Waals surface area (Å²) >= 11 is 0. The summed E-state index contributed by atoms with van der Waals surface area (Å²) in [4.78, 5) is 22.6. The summed E-state index contributed by atoms with van der Waals surface area (Å²) in [6.45, 7) is 8.40. The van der Waals surface area contributed by atoms with E-state index in [1.807, 2.05) is 27.7 Å². The lowest BCUT2D eigenvalue weighted by Gasteiger charge is -2.17. The van der Waals surface area contributed by atoms with E-state index < -0.39 is 23.9 Å². The standard InChI is InChI=1S/C13H25N7O2.C2H6/c1-8(2)17-10(12(14)21)4-5-20-7-9(18-19-20)6-11(16-3)13(15)22;1-2/h7-8,10-11,16-17H,4-6H2,1-3H3,(H2,14,21)(H2,15,22);1-2H3. The highest BCUT2D eigenvalue weighted by Gasteiger charge is 2.18. The number of aromatic nitrogens is 3. The number of nitrogens with one attached hydrogen (secondary N) is 2. The van der Waals surface area contributed by atoms with Crippen molar-refractivity contribution < 1.29 is 9.59 Å². The molecule has 24 heavy (non-hydrogen) atoms. The molecule has 0 aliphatic carbocycles. The Hall–Kier alpha value is -2.00. The molecule has 0 radical (unpaired) electrons. The fourth-order valence-corrected chi connectivity index (χ4v) is 2.07. The van der Waals surface area contributed by atoms with Gasteiger partial charge in [0.05, 0.1) is 17.8 Å². The van der Waals surface area contributed by atoms with E-state index in [2.05, 4.69) is 20.9 Å². The van der Waals surface area contributed by atoms with Crippen molar-refractivity contribution in [3.05, 3.63) is 11.9 Å². The zero-order valence-electron chi connectivity index (χ0n) is 15.2. The van der Waals surface area contributed by atoms with Gasteiger partial charge >= 0.3 is 0 Å². The van der Waals surface area contributed by atoms with Crippen molar-refractivity contribution in [2.75, 3.05) is 7.05 Å². The van der Waals surface area contributed by atoms with Gasteiger partial charge < -0.3 is 22.1 Å². The van der Waals surface area contributed by atoms with Crippen molar-refractivity contribution >= 4 is 11.8 Å². The van der Waals surface area contributed by atoms with Gasteiger partial charge in [-0.25, -0.2) is 0 Å². The third-order valence-electron chi connectivity index (χ3n) is 3.22. The Morgan fingerprint density at radius 2 is 1.79 bits per heavy atom. The molecule has 1 rings (SSSR count). The van der Waals surface area contributed by atoms with Crippen LogP contribution in [0.2, 0.25) is 0 Å². The first-order valence-electron chi connectivity index (χ1n) is 8.24. The predicted octanol–water partition coefficient (Wildman–Crippen LogP) is -0.838. The number of hydrogen-bond donors (Lipinski definition) is 4. The van der Waals surface area contributed by atoms with E-state index in [0.29, 0.717) is 25.1 Å². The number of rotatable bonds is 10. The van der Waals surface area contributed by atoms with Crippen molar-refractivity contribution in [2.45, 2.75) is 65.2 Å². The van der Waals surface area contributed by atoms with Crippen molar-refractivity contribution in [1.29, 1.82) is 0 Å². The second-order valence-electron chi connectivity index (χ2n) is 5.49. The molecule has 0 fully saturated rings. The smallest absolute Gasteiger partial charge is 0.234 e. The molecule has 0 saturated carbocycles. The number of hydrogen-bond acceptors (Lipinski definition) is 6. The molecule has 1 aromatic heterocycles. The molecule has 138 valence electrons. The number of aryl methyl sites for hydroxylation is 1. The van der Waals surface area contributed by atoms with Crippen LogP contribution in [0.1, 0.15) is 39.8 Å². The SMILES string of the molecule is CC.CNC(Cc1cn(CCC(NC(C)C)C(N)=O)nn1)C(N)=O. The monoisotopic (exact) mass is 341 g/mol. The van der Waals surface area contributed by atoms with Crippen LogP contribution in [-0.4, -0.2) is 52.0 Å². The van der Waals surface area contributed by atoms with Crippen LogP contribution in [0.5, 0.6) is 0 Å². The first-order valence-corrected chi connectivity index (χ1v) is 8.24. The molecule has 9 heteroatoms. The van der Waals surface area contributed by atoms with E-state index >= 15 is 0 Å². The van der Waals surface area contributed by atoms with Gasteiger partial charge in [-0.15, -0.1) is 5.10 Å². The Morgan fingerprint density at radius 1 is 1.21 bits per heavy atom. The maximum atomic E-state index is 11.4. The van der Waals surface area contributed by atoms with E-state index in [0.717, 1.165) is 0 Å². The number of carbonyl (C=O) groups excluding carboxylic acids is 2. The highest BCUT2D eigenvalue weighted by atomic mass is 16.1. The zero-order valence-corrected chi connectivity index (χ0v) is 15.2. The van der Waals surface area contributed by atoms with Gasteiger partial charge in [-0.3, -0.25) is 14.3 Å². The third kappa shape index (κ3) is 8.02. The number of nitrogens with zero attached hydrogens (tertiary/aromatic N) is 3. The van der Waals surface area contributed by atoms with E-state index in [9.17, 15) is 9.59 Å². The van der Waals surface area contributed by atoms with Crippen LogP contribution in [0, 0.1) is 0 Å². The number of likely N-dealkylation sites (N-methyl/N-ethyl adjacent to an activating group) is 1. The lowest BCUT2D eigenvalue weighted by Crippen LogP contribution is -2.45. The highest BCUT2D eigenvalue weighted by molar-refractivity contribution is 5.80. The summed E-state index contributed by atoms with van der Waals surface area (Å²) in [5.41, 5.74) is 11.3. The maximum absolute atomic E-state index is 11.4. The summed E-state index contributed by atoms with van der Waals surface area (Å²) in [5.74, 6) is -0.829. The zero-order chi connectivity index (χ0) is 18.7. The quantitative estimate of drug-likeness (QED) is 0.437. The van der Waals surface area contributed by atoms with Gasteiger partial charge in [0.25, 0.3) is 0 Å². The average Bonchev–Trinajstić information content (AvgIpc) is 2.97. The van der Waals surface area contributed by atoms with Crippen molar-refractivity contribution in [1.82, 2.24) is 25.6 Å². The fourth-order valence-electron chi connectivity index (χ4n) is 2.07. The molecular formula is C15H31N7O2. The molecule has 0 bridgehead atoms. The van der Waals surface area contributed by atoms with E-state index in [4.69, 9.17) is 11.5 Å². The molecule has 9 nitrogen and oxygen atoms in total. The predicted molar refractivity (Wildman–Crippen MR) is 93.0 cm³/mol. The van der Waals surface area contributed by atoms with Crippen LogP contribution in [0.4, 0.5) is 0 Å². The molecular weight excluding hydrogens is 310 g/mol. The van der Waals surface area contributed by atoms with Gasteiger partial charge in [0.15, 0.2) is 0 Å². The van der Waals surface area contributed by atoms with Gasteiger partial charge in [0, 0.05) is 25.2 Å². The average molecular weight is 341 g/mol. The molecule has 0 aliphatic rings. The lowest BCUT2D eigenvalue weighted by atomic mass is 10.1. The summed E-state index contributed by atoms with van der Waals surface area (Å²) < 4.78 is 1.63. The van der Waals surface area contributed by atoms with Crippen LogP contribution in [-0.2, 0) is 22.6 Å². The molecule has 1 aromatic rings. The Balaban J connectivity index is 0.00000254. The Morgan fingerprint density at radius 3 is 2.25 bits per heavy atom. The largest absolute Gasteiger partial charge is 0.368 e. The second-order valence-corrected chi connectivity index (χ2v) is 5.49. The summed E-state index contributed by atoms with van der Waals surface area (Å²) in [7, 11) is 1.66. The molecule has 0 aliphatic heterocycles. The second kappa shape index (κ2) is 11.5. The van der Waals surface area contributed by atoms with Crippen LogP contribution < -0.4 is 22.1 Å². The minimum atomic E-state index is -0.480. The van der Waals surface area contributed by atoms with Crippen LogP contribution >= 0.6 is 0 Å². The van der Waals surface area contributed by atoms with Crippen LogP contribution in [0.25, 0.3) is 0 Å². The first-order chi connectivity index (χ1) is 11.3. The minimum Gasteiger partial charge on any atom is -0.368 e. The van der Waals surface area contributed by atoms with Crippen molar-refractivity contribution in [3.63, 3.8) is 0 Å². The van der Waals surface area contributed by atoms with E-state index in [1.165, 1.54) is 0 Å². The van der Waals surface area contributed by atoms with Gasteiger partial charge in [-0.2, -0.15) is 0 Å². The normalized spacial score (nSPS) is 13.1. The Labute approximate surface area is 143 Å². The molecule has 2 atom stereocenters. The van der Waals surface area contributed by atoms with Crippen molar-refractivity contribution in [3.8, 4) is 0 Å². The number of amides is 2. The molecule has 2 amide bonds. The highest BCUT2D eigenvalue weighted by Crippen LogP contribution is 2.02. The number of carbonyl (C=O) groups is 2. The summed E-state index contributed by atoms with van der Waals surface area (Å²) in [5, 5.41) is 13.9. The number of nitrogens with two attached hydrogens (primary N) is 2. The van der Waals surface area contributed by atoms with Gasteiger partial charge in [-0.1, -0.05) is 32.9 Å². The van der Waals surface area contributed by atoms with E-state index in [-0.39, 0.29) is 6.04 Å². The third-order valence-corrected chi connectivity index (χ3v) is 3.22. The Kier molecular flexibility index (Phi) is 10.6. The molecule has 2 unspecified atom stereocenters. The molecule has 0 saturated heterocycles. The minimum absolute atomic E-state index is 0.163. The number of primary amides is 2. The first kappa shape index (κ1) is 22.0. The van der Waals surface area contributed by atoms with Gasteiger partial charge in [0.2, 0.25) is 11.8 Å². The van der Waals surface area contributed by atoms with Gasteiger partial charge in [0.1, 0.15) is 0 Å². The summed E-state index contributed by atoms with van der Waals surface area (Å²) in [6, 6.07) is -0.731. The van der Waals surface area contributed by atoms with Crippen LogP contribution in [0.15, 0.2) is 6.20 Å². The van der Waals surface area contributed by atoms with Gasteiger partial charge in [-0.05, 0) is 13.5 Å². The van der Waals surface area contributed by atoms with E-state index in [1.54, 1.807) is 17.9 Å². The fraction of sp³-hybridized carbons (Fsp3) is 0.733. The van der Waals surface area contributed by atoms with Crippen LogP contribution in [0.3, 0.4) is 0 Å².